The summed E-state index contributed by atoms with van der Waals surface area (Å²) in [6, 6.07) is 18.0. The fourth-order valence-electron chi connectivity index (χ4n) is 3.09. The summed E-state index contributed by atoms with van der Waals surface area (Å²) < 4.78 is 7.11. The van der Waals surface area contributed by atoms with Crippen LogP contribution in [-0.2, 0) is 13.0 Å². The maximum absolute atomic E-state index is 12.7. The van der Waals surface area contributed by atoms with Gasteiger partial charge in [-0.2, -0.15) is 5.10 Å². The summed E-state index contributed by atoms with van der Waals surface area (Å²) in [7, 11) is 1.65. The average Bonchev–Trinajstić information content (AvgIpc) is 3.03. The van der Waals surface area contributed by atoms with Gasteiger partial charge in [0.1, 0.15) is 5.75 Å². The largest absolute Gasteiger partial charge is 0.497 e. The number of nitrogens with one attached hydrogen (secondary N) is 1. The van der Waals surface area contributed by atoms with Crippen molar-refractivity contribution in [3.05, 3.63) is 83.2 Å². The van der Waals surface area contributed by atoms with Gasteiger partial charge in [-0.1, -0.05) is 42.5 Å². The molecule has 3 aromatic rings. The van der Waals surface area contributed by atoms with Crippen LogP contribution in [-0.4, -0.2) is 28.8 Å². The lowest BCUT2D eigenvalue weighted by atomic mass is 10.1. The van der Waals surface area contributed by atoms with E-state index >= 15 is 0 Å². The number of carbonyl (C=O) groups excluding carboxylic acids is 1. The molecule has 0 bridgehead atoms. The second-order valence-corrected chi connectivity index (χ2v) is 6.72. The number of ether oxygens (including phenoxy) is 1. The summed E-state index contributed by atoms with van der Waals surface area (Å²) in [6.45, 7) is 4.58. The summed E-state index contributed by atoms with van der Waals surface area (Å²) >= 11 is 0. The van der Waals surface area contributed by atoms with Crippen molar-refractivity contribution in [3.8, 4) is 5.75 Å². The molecular formula is C22H25N3O2. The minimum atomic E-state index is -0.0952. The second-order valence-electron chi connectivity index (χ2n) is 6.72. The van der Waals surface area contributed by atoms with Gasteiger partial charge < -0.3 is 10.1 Å². The molecule has 0 aliphatic rings. The highest BCUT2D eigenvalue weighted by Crippen LogP contribution is 2.15. The van der Waals surface area contributed by atoms with Crippen molar-refractivity contribution in [2.45, 2.75) is 32.9 Å². The van der Waals surface area contributed by atoms with Crippen molar-refractivity contribution < 1.29 is 9.53 Å². The average molecular weight is 363 g/mol. The summed E-state index contributed by atoms with van der Waals surface area (Å²) in [5, 5.41) is 7.45. The van der Waals surface area contributed by atoms with Crippen LogP contribution < -0.4 is 10.1 Å². The van der Waals surface area contributed by atoms with Gasteiger partial charge in [0.25, 0.3) is 5.91 Å². The molecule has 0 aliphatic heterocycles. The topological polar surface area (TPSA) is 56.1 Å². The van der Waals surface area contributed by atoms with E-state index in [-0.39, 0.29) is 11.9 Å². The van der Waals surface area contributed by atoms with Crippen molar-refractivity contribution in [1.82, 2.24) is 15.1 Å². The van der Waals surface area contributed by atoms with E-state index < -0.39 is 0 Å². The molecule has 0 fully saturated rings. The van der Waals surface area contributed by atoms with Crippen LogP contribution in [0.3, 0.4) is 0 Å². The first-order valence-corrected chi connectivity index (χ1v) is 9.07. The van der Waals surface area contributed by atoms with Crippen LogP contribution in [0.2, 0.25) is 0 Å². The van der Waals surface area contributed by atoms with Gasteiger partial charge in [0.15, 0.2) is 0 Å². The molecule has 1 N–H and O–H groups in total. The number of carbonyl (C=O) groups is 1. The first-order valence-electron chi connectivity index (χ1n) is 9.07. The molecule has 1 heterocycles. The SMILES string of the molecule is COc1cccc(CC(C)NC(=O)c2cnn(Cc3ccccc3)c2C)c1. The van der Waals surface area contributed by atoms with Gasteiger partial charge in [0.05, 0.1) is 25.4 Å². The zero-order valence-electron chi connectivity index (χ0n) is 16.0. The van der Waals surface area contributed by atoms with Crippen LogP contribution in [0.15, 0.2) is 60.8 Å². The van der Waals surface area contributed by atoms with Crippen LogP contribution >= 0.6 is 0 Å². The van der Waals surface area contributed by atoms with E-state index in [0.717, 1.165) is 29.0 Å². The van der Waals surface area contributed by atoms with Gasteiger partial charge in [-0.25, -0.2) is 0 Å². The molecule has 0 spiro atoms. The third-order valence-corrected chi connectivity index (χ3v) is 4.58. The van der Waals surface area contributed by atoms with Crippen molar-refractivity contribution in [1.29, 1.82) is 0 Å². The molecule has 0 aliphatic carbocycles. The fourth-order valence-corrected chi connectivity index (χ4v) is 3.09. The van der Waals surface area contributed by atoms with Crippen LogP contribution in [0.1, 0.15) is 34.1 Å². The van der Waals surface area contributed by atoms with Crippen molar-refractivity contribution in [2.24, 2.45) is 0 Å². The minimum absolute atomic E-state index is 0.00137. The van der Waals surface area contributed by atoms with E-state index in [4.69, 9.17) is 4.74 Å². The number of benzene rings is 2. The van der Waals surface area contributed by atoms with Gasteiger partial charge in [-0.3, -0.25) is 9.48 Å². The molecule has 0 radical (unpaired) electrons. The van der Waals surface area contributed by atoms with E-state index in [1.165, 1.54) is 0 Å². The molecule has 1 unspecified atom stereocenters. The van der Waals surface area contributed by atoms with Gasteiger partial charge in [-0.05, 0) is 43.5 Å². The van der Waals surface area contributed by atoms with E-state index in [0.29, 0.717) is 12.1 Å². The highest BCUT2D eigenvalue weighted by molar-refractivity contribution is 5.95. The normalized spacial score (nSPS) is 11.8. The van der Waals surface area contributed by atoms with Crippen LogP contribution in [0, 0.1) is 6.92 Å². The molecule has 1 amide bonds. The zero-order chi connectivity index (χ0) is 19.2. The van der Waals surface area contributed by atoms with Crippen LogP contribution in [0.25, 0.3) is 0 Å². The van der Waals surface area contributed by atoms with Gasteiger partial charge >= 0.3 is 0 Å². The molecular weight excluding hydrogens is 338 g/mol. The van der Waals surface area contributed by atoms with Crippen molar-refractivity contribution in [2.75, 3.05) is 7.11 Å². The lowest BCUT2D eigenvalue weighted by Crippen LogP contribution is -2.34. The lowest BCUT2D eigenvalue weighted by molar-refractivity contribution is 0.0939. The van der Waals surface area contributed by atoms with Gasteiger partial charge in [-0.15, -0.1) is 0 Å². The Kier molecular flexibility index (Phi) is 5.91. The van der Waals surface area contributed by atoms with Crippen LogP contribution in [0.4, 0.5) is 0 Å². The fraction of sp³-hybridized carbons (Fsp3) is 0.273. The molecule has 0 saturated carbocycles. The Morgan fingerprint density at radius 3 is 2.63 bits per heavy atom. The van der Waals surface area contributed by atoms with E-state index in [1.807, 2.05) is 61.0 Å². The maximum atomic E-state index is 12.7. The third kappa shape index (κ3) is 4.76. The zero-order valence-corrected chi connectivity index (χ0v) is 16.0. The standard InChI is InChI=1S/C22H25N3O2/c1-16(12-19-10-7-11-20(13-19)27-3)24-22(26)21-14-23-25(17(21)2)15-18-8-5-4-6-9-18/h4-11,13-14,16H,12,15H2,1-3H3,(H,24,26). The van der Waals surface area contributed by atoms with Gasteiger partial charge in [0.2, 0.25) is 0 Å². The van der Waals surface area contributed by atoms with Crippen LogP contribution in [0.5, 0.6) is 5.75 Å². The van der Waals surface area contributed by atoms with E-state index in [1.54, 1.807) is 13.3 Å². The Balaban J connectivity index is 1.63. The second kappa shape index (κ2) is 8.54. The highest BCUT2D eigenvalue weighted by Gasteiger charge is 2.16. The van der Waals surface area contributed by atoms with Crippen molar-refractivity contribution in [3.63, 3.8) is 0 Å². The summed E-state index contributed by atoms with van der Waals surface area (Å²) in [5.41, 5.74) is 3.76. The predicted octanol–water partition coefficient (Wildman–Crippen LogP) is 3.61. The maximum Gasteiger partial charge on any atom is 0.254 e. The third-order valence-electron chi connectivity index (χ3n) is 4.58. The molecule has 27 heavy (non-hydrogen) atoms. The Labute approximate surface area is 160 Å². The first kappa shape index (κ1) is 18.7. The number of aromatic nitrogens is 2. The molecule has 0 saturated heterocycles. The van der Waals surface area contributed by atoms with E-state index in [2.05, 4.69) is 22.5 Å². The molecule has 1 atom stereocenters. The molecule has 2 aromatic carbocycles. The molecule has 140 valence electrons. The quantitative estimate of drug-likeness (QED) is 0.698. The summed E-state index contributed by atoms with van der Waals surface area (Å²) in [4.78, 5) is 12.7. The molecule has 5 nitrogen and oxygen atoms in total. The lowest BCUT2D eigenvalue weighted by Gasteiger charge is -2.14. The summed E-state index contributed by atoms with van der Waals surface area (Å²) in [5.74, 6) is 0.728. The number of nitrogens with zero attached hydrogens (tertiary/aromatic N) is 2. The first-order chi connectivity index (χ1) is 13.1. The molecule has 5 heteroatoms. The molecule has 3 rings (SSSR count). The molecule has 1 aromatic heterocycles. The minimum Gasteiger partial charge on any atom is -0.497 e. The van der Waals surface area contributed by atoms with Gasteiger partial charge in [0, 0.05) is 11.7 Å². The number of methoxy groups -OCH3 is 1. The monoisotopic (exact) mass is 363 g/mol. The Morgan fingerprint density at radius 2 is 1.89 bits per heavy atom. The Bertz CT molecular complexity index is 903. The number of hydrogen-bond acceptors (Lipinski definition) is 3. The van der Waals surface area contributed by atoms with E-state index in [9.17, 15) is 4.79 Å². The predicted molar refractivity (Wildman–Crippen MR) is 106 cm³/mol. The van der Waals surface area contributed by atoms with Crippen molar-refractivity contribution >= 4 is 5.91 Å². The highest BCUT2D eigenvalue weighted by atomic mass is 16.5. The number of rotatable bonds is 7. The Morgan fingerprint density at radius 1 is 1.15 bits per heavy atom. The number of amides is 1. The smallest absolute Gasteiger partial charge is 0.254 e. The summed E-state index contributed by atoms with van der Waals surface area (Å²) in [6.07, 6.45) is 2.38. The Hall–Kier alpha value is -3.08. The number of hydrogen-bond donors (Lipinski definition) is 1.